The first-order valence-electron chi connectivity index (χ1n) is 15.7. The molecule has 2 aromatic carbocycles. The van der Waals surface area contributed by atoms with Crippen molar-refractivity contribution in [2.24, 2.45) is 0 Å². The smallest absolute Gasteiger partial charge is 0.220 e. The van der Waals surface area contributed by atoms with E-state index in [-0.39, 0.29) is 23.9 Å². The van der Waals surface area contributed by atoms with Crippen LogP contribution in [0.15, 0.2) is 66.9 Å². The van der Waals surface area contributed by atoms with Gasteiger partial charge in [0.05, 0.1) is 28.5 Å². The lowest BCUT2D eigenvalue weighted by molar-refractivity contribution is -0.120. The summed E-state index contributed by atoms with van der Waals surface area (Å²) >= 11 is 14.0. The molecule has 0 radical (unpaired) electrons. The normalized spacial score (nSPS) is 17.4. The van der Waals surface area contributed by atoms with Gasteiger partial charge in [-0.05, 0) is 42.7 Å². The summed E-state index contributed by atoms with van der Waals surface area (Å²) in [6.45, 7) is 2.60. The number of amides is 2. The molecule has 4 aromatic rings. The Morgan fingerprint density at radius 3 is 2.17 bits per heavy atom. The first-order chi connectivity index (χ1) is 22.9. The Kier molecular flexibility index (Phi) is 10.5. The molecule has 12 heteroatoms. The number of pyridine rings is 2. The average molecular weight is 675 g/mol. The number of ether oxygens (including phenoxy) is 1. The molecule has 4 heterocycles. The maximum absolute atomic E-state index is 11.5. The third-order valence-electron chi connectivity index (χ3n) is 8.38. The van der Waals surface area contributed by atoms with Crippen molar-refractivity contribution in [1.29, 1.82) is 0 Å². The van der Waals surface area contributed by atoms with Gasteiger partial charge in [-0.2, -0.15) is 0 Å². The Balaban J connectivity index is 1.15. The van der Waals surface area contributed by atoms with Gasteiger partial charge >= 0.3 is 0 Å². The number of hydrogen-bond donors (Lipinski definition) is 5. The van der Waals surface area contributed by atoms with Gasteiger partial charge in [-0.1, -0.05) is 59.6 Å². The number of rotatable bonds is 13. The fraction of sp³-hybridized carbons (Fsp3) is 0.314. The van der Waals surface area contributed by atoms with Gasteiger partial charge in [0.1, 0.15) is 5.82 Å². The number of nitrogens with one attached hydrogen (secondary N) is 5. The van der Waals surface area contributed by atoms with E-state index in [9.17, 15) is 9.59 Å². The highest BCUT2D eigenvalue weighted by molar-refractivity contribution is 6.39. The Morgan fingerprint density at radius 2 is 1.49 bits per heavy atom. The Bertz CT molecular complexity index is 1770. The highest BCUT2D eigenvalue weighted by Gasteiger charge is 2.22. The number of carbonyl (C=O) groups is 2. The number of benzene rings is 2. The minimum atomic E-state index is 0.101. The fourth-order valence-corrected chi connectivity index (χ4v) is 6.53. The van der Waals surface area contributed by atoms with Crippen LogP contribution < -0.4 is 31.3 Å². The molecule has 2 atom stereocenters. The minimum Gasteiger partial charge on any atom is -0.481 e. The summed E-state index contributed by atoms with van der Waals surface area (Å²) in [6.07, 6.45) is 4.61. The average Bonchev–Trinajstić information content (AvgIpc) is 3.69. The SMILES string of the molecule is COc1nc(-c2cccc(-c3cccc(Nc4cc(CNC[C@@H]5CCC(=O)N5)ccn4)c3Cl)c2Cl)ccc1CNC[C@@H]1CCC(=O)N1. The van der Waals surface area contributed by atoms with Gasteiger partial charge in [-0.3, -0.25) is 9.59 Å². The number of methoxy groups -OCH3 is 1. The van der Waals surface area contributed by atoms with Crippen LogP contribution in [0.5, 0.6) is 5.88 Å². The van der Waals surface area contributed by atoms with Crippen molar-refractivity contribution in [2.75, 3.05) is 25.5 Å². The Morgan fingerprint density at radius 1 is 0.830 bits per heavy atom. The molecule has 0 aliphatic carbocycles. The van der Waals surface area contributed by atoms with Crippen molar-refractivity contribution in [3.63, 3.8) is 0 Å². The molecule has 0 saturated carbocycles. The second kappa shape index (κ2) is 15.1. The van der Waals surface area contributed by atoms with Crippen molar-refractivity contribution < 1.29 is 14.3 Å². The maximum atomic E-state index is 11.5. The standard InChI is InChI=1S/C35H37Cl2N7O3/c1-47-35-22(18-39-20-24-10-13-32(46)42-24)8-11-28(44-35)27-6-2-4-25(33(27)36)26-5-3-7-29(34(26)37)43-30-16-21(14-15-40-30)17-38-19-23-9-12-31(45)41-23/h2-8,11,14-16,23-24,38-39H,9-10,12-13,17-20H2,1H3,(H,40,43)(H,41,45)(H,42,46)/t23-,24-/m0/s1. The van der Waals surface area contributed by atoms with Crippen LogP contribution in [-0.2, 0) is 22.7 Å². The van der Waals surface area contributed by atoms with Gasteiger partial charge < -0.3 is 31.3 Å². The third-order valence-corrected chi connectivity index (χ3v) is 9.19. The summed E-state index contributed by atoms with van der Waals surface area (Å²) in [5, 5.41) is 17.1. The predicted molar refractivity (Wildman–Crippen MR) is 185 cm³/mol. The molecule has 2 fully saturated rings. The molecule has 2 aromatic heterocycles. The largest absolute Gasteiger partial charge is 0.481 e. The van der Waals surface area contributed by atoms with E-state index < -0.39 is 0 Å². The molecule has 2 aliphatic rings. The molecule has 0 bridgehead atoms. The molecular formula is C35H37Cl2N7O3. The lowest BCUT2D eigenvalue weighted by Crippen LogP contribution is -2.35. The molecule has 2 amide bonds. The number of carbonyl (C=O) groups excluding carboxylic acids is 2. The lowest BCUT2D eigenvalue weighted by Gasteiger charge is -2.16. The van der Waals surface area contributed by atoms with Crippen LogP contribution in [0.25, 0.3) is 22.4 Å². The van der Waals surface area contributed by atoms with E-state index in [1.54, 1.807) is 13.3 Å². The van der Waals surface area contributed by atoms with Gasteiger partial charge in [0.15, 0.2) is 0 Å². The van der Waals surface area contributed by atoms with E-state index in [1.165, 1.54) is 0 Å². The summed E-state index contributed by atoms with van der Waals surface area (Å²) in [6, 6.07) is 19.7. The second-order valence-corrected chi connectivity index (χ2v) is 12.5. The predicted octanol–water partition coefficient (Wildman–Crippen LogP) is 5.61. The van der Waals surface area contributed by atoms with E-state index in [1.807, 2.05) is 60.7 Å². The Hall–Kier alpha value is -4.22. The third kappa shape index (κ3) is 8.02. The van der Waals surface area contributed by atoms with Crippen LogP contribution in [0.3, 0.4) is 0 Å². The first kappa shape index (κ1) is 32.7. The molecule has 5 N–H and O–H groups in total. The molecule has 2 saturated heterocycles. The number of halogens is 2. The topological polar surface area (TPSA) is 129 Å². The van der Waals surface area contributed by atoms with E-state index in [0.29, 0.717) is 65.6 Å². The zero-order valence-corrected chi connectivity index (χ0v) is 27.5. The number of anilines is 2. The van der Waals surface area contributed by atoms with Gasteiger partial charge in [-0.25, -0.2) is 9.97 Å². The molecule has 10 nitrogen and oxygen atoms in total. The van der Waals surface area contributed by atoms with Crippen LogP contribution >= 0.6 is 23.2 Å². The highest BCUT2D eigenvalue weighted by Crippen LogP contribution is 2.42. The zero-order valence-electron chi connectivity index (χ0n) is 26.0. The number of hydrogen-bond acceptors (Lipinski definition) is 8. The molecule has 6 rings (SSSR count). The molecular weight excluding hydrogens is 637 g/mol. The summed E-state index contributed by atoms with van der Waals surface area (Å²) in [4.78, 5) is 32.2. The number of nitrogens with zero attached hydrogens (tertiary/aromatic N) is 2. The van der Waals surface area contributed by atoms with E-state index >= 15 is 0 Å². The minimum absolute atomic E-state index is 0.101. The van der Waals surface area contributed by atoms with Gasteiger partial charge in [-0.15, -0.1) is 0 Å². The van der Waals surface area contributed by atoms with Crippen LogP contribution in [-0.4, -0.2) is 54.1 Å². The molecule has 2 aliphatic heterocycles. The summed E-state index contributed by atoms with van der Waals surface area (Å²) < 4.78 is 5.63. The van der Waals surface area contributed by atoms with Crippen LogP contribution in [0.2, 0.25) is 10.0 Å². The van der Waals surface area contributed by atoms with Crippen LogP contribution in [0.1, 0.15) is 36.8 Å². The van der Waals surface area contributed by atoms with Crippen LogP contribution in [0, 0.1) is 0 Å². The molecule has 0 unspecified atom stereocenters. The molecule has 244 valence electrons. The van der Waals surface area contributed by atoms with Crippen molar-refractivity contribution in [3.8, 4) is 28.3 Å². The van der Waals surface area contributed by atoms with E-state index in [0.717, 1.165) is 47.2 Å². The van der Waals surface area contributed by atoms with Gasteiger partial charge in [0, 0.05) is 79.6 Å². The first-order valence-corrected chi connectivity index (χ1v) is 16.5. The van der Waals surface area contributed by atoms with Gasteiger partial charge in [0.2, 0.25) is 17.7 Å². The van der Waals surface area contributed by atoms with Crippen LogP contribution in [0.4, 0.5) is 11.5 Å². The fourth-order valence-electron chi connectivity index (χ4n) is 5.93. The summed E-state index contributed by atoms with van der Waals surface area (Å²) in [7, 11) is 1.60. The van der Waals surface area contributed by atoms with Crippen molar-refractivity contribution >= 4 is 46.5 Å². The molecule has 47 heavy (non-hydrogen) atoms. The quantitative estimate of drug-likeness (QED) is 0.124. The Labute approximate surface area is 284 Å². The number of aromatic nitrogens is 2. The van der Waals surface area contributed by atoms with E-state index in [4.69, 9.17) is 32.9 Å². The maximum Gasteiger partial charge on any atom is 0.220 e. The summed E-state index contributed by atoms with van der Waals surface area (Å²) in [5.74, 6) is 1.38. The monoisotopic (exact) mass is 673 g/mol. The lowest BCUT2D eigenvalue weighted by atomic mass is 10.00. The van der Waals surface area contributed by atoms with Crippen molar-refractivity contribution in [2.45, 2.75) is 50.9 Å². The second-order valence-electron chi connectivity index (χ2n) is 11.7. The zero-order chi connectivity index (χ0) is 32.8. The molecule has 0 spiro atoms. The summed E-state index contributed by atoms with van der Waals surface area (Å²) in [5.41, 5.74) is 5.64. The van der Waals surface area contributed by atoms with Gasteiger partial charge in [0.25, 0.3) is 0 Å². The van der Waals surface area contributed by atoms with E-state index in [2.05, 4.69) is 31.6 Å². The van der Waals surface area contributed by atoms with Crippen molar-refractivity contribution in [1.82, 2.24) is 31.2 Å². The highest BCUT2D eigenvalue weighted by atomic mass is 35.5. The van der Waals surface area contributed by atoms with Crippen molar-refractivity contribution in [3.05, 3.63) is 88.0 Å².